The minimum Gasteiger partial charge on any atom is -0.296 e. The second-order valence-corrected chi connectivity index (χ2v) is 3.07. The SMILES string of the molecule is Cn1c(C(=N)c2ccccc2)noc1=O. The van der Waals surface area contributed by atoms with Gasteiger partial charge in [-0.15, -0.1) is 0 Å². The van der Waals surface area contributed by atoms with Crippen molar-refractivity contribution in [2.45, 2.75) is 0 Å². The highest BCUT2D eigenvalue weighted by molar-refractivity contribution is 6.08. The average molecular weight is 203 g/mol. The van der Waals surface area contributed by atoms with Gasteiger partial charge in [-0.05, 0) is 0 Å². The molecule has 1 aromatic carbocycles. The summed E-state index contributed by atoms with van der Waals surface area (Å²) in [7, 11) is 1.52. The first-order chi connectivity index (χ1) is 7.20. The van der Waals surface area contributed by atoms with Crippen LogP contribution in [0.4, 0.5) is 0 Å². The zero-order chi connectivity index (χ0) is 10.8. The summed E-state index contributed by atoms with van der Waals surface area (Å²) in [4.78, 5) is 11.0. The van der Waals surface area contributed by atoms with E-state index in [1.54, 1.807) is 12.1 Å². The maximum Gasteiger partial charge on any atom is 0.441 e. The highest BCUT2D eigenvalue weighted by Gasteiger charge is 2.13. The van der Waals surface area contributed by atoms with Gasteiger partial charge in [0.25, 0.3) is 0 Å². The Hall–Kier alpha value is -2.17. The molecule has 0 aliphatic carbocycles. The Morgan fingerprint density at radius 2 is 2.07 bits per heavy atom. The molecule has 0 amide bonds. The van der Waals surface area contributed by atoms with Gasteiger partial charge >= 0.3 is 5.76 Å². The molecule has 1 N–H and O–H groups in total. The van der Waals surface area contributed by atoms with Gasteiger partial charge in [0.1, 0.15) is 5.71 Å². The molecule has 0 aliphatic heterocycles. The Morgan fingerprint density at radius 3 is 2.60 bits per heavy atom. The molecule has 0 atom stereocenters. The van der Waals surface area contributed by atoms with Crippen LogP contribution >= 0.6 is 0 Å². The van der Waals surface area contributed by atoms with Crippen molar-refractivity contribution in [3.05, 3.63) is 52.3 Å². The van der Waals surface area contributed by atoms with Crippen molar-refractivity contribution in [2.24, 2.45) is 7.05 Å². The van der Waals surface area contributed by atoms with Gasteiger partial charge < -0.3 is 0 Å². The van der Waals surface area contributed by atoms with E-state index in [4.69, 9.17) is 5.41 Å². The molecule has 0 saturated heterocycles. The molecule has 2 rings (SSSR count). The molecule has 0 saturated carbocycles. The number of benzene rings is 1. The lowest BCUT2D eigenvalue weighted by Crippen LogP contribution is -2.16. The quantitative estimate of drug-likeness (QED) is 0.733. The molecule has 2 aromatic rings. The molecule has 0 aliphatic rings. The van der Waals surface area contributed by atoms with Gasteiger partial charge in [-0.2, -0.15) is 0 Å². The summed E-state index contributed by atoms with van der Waals surface area (Å²) >= 11 is 0. The first-order valence-corrected chi connectivity index (χ1v) is 4.37. The average Bonchev–Trinajstić information content (AvgIpc) is 2.60. The van der Waals surface area contributed by atoms with E-state index in [-0.39, 0.29) is 11.5 Å². The molecule has 1 aromatic heterocycles. The van der Waals surface area contributed by atoms with Crippen molar-refractivity contribution < 1.29 is 4.52 Å². The van der Waals surface area contributed by atoms with Crippen LogP contribution in [0.25, 0.3) is 0 Å². The maximum atomic E-state index is 11.0. The lowest BCUT2D eigenvalue weighted by molar-refractivity contribution is 0.379. The molecule has 0 bridgehead atoms. The van der Waals surface area contributed by atoms with Crippen LogP contribution < -0.4 is 5.76 Å². The Labute approximate surface area is 85.5 Å². The summed E-state index contributed by atoms with van der Waals surface area (Å²) in [6, 6.07) is 9.06. The zero-order valence-electron chi connectivity index (χ0n) is 8.10. The zero-order valence-corrected chi connectivity index (χ0v) is 8.10. The molecule has 0 unspecified atom stereocenters. The topological polar surface area (TPSA) is 71.9 Å². The standard InChI is InChI=1S/C10H9N3O2/c1-13-9(12-15-10(13)14)8(11)7-5-3-2-4-6-7/h2-6,11H,1H3. The van der Waals surface area contributed by atoms with Crippen molar-refractivity contribution >= 4 is 5.71 Å². The maximum absolute atomic E-state index is 11.0. The first-order valence-electron chi connectivity index (χ1n) is 4.37. The van der Waals surface area contributed by atoms with E-state index in [1.807, 2.05) is 18.2 Å². The molecule has 0 spiro atoms. The van der Waals surface area contributed by atoms with E-state index >= 15 is 0 Å². The number of rotatable bonds is 2. The summed E-state index contributed by atoms with van der Waals surface area (Å²) < 4.78 is 5.66. The first kappa shape index (κ1) is 9.39. The Kier molecular flexibility index (Phi) is 2.21. The Balaban J connectivity index is 2.46. The van der Waals surface area contributed by atoms with Crippen LogP contribution in [0.1, 0.15) is 11.4 Å². The van der Waals surface area contributed by atoms with E-state index in [2.05, 4.69) is 9.68 Å². The van der Waals surface area contributed by atoms with Crippen LogP contribution in [-0.2, 0) is 7.05 Å². The summed E-state index contributed by atoms with van der Waals surface area (Å²) in [5.74, 6) is -0.336. The minimum absolute atomic E-state index is 0.170. The molecule has 5 heteroatoms. The third kappa shape index (κ3) is 1.59. The molecular formula is C10H9N3O2. The summed E-state index contributed by atoms with van der Waals surface area (Å²) in [6.07, 6.45) is 0. The highest BCUT2D eigenvalue weighted by Crippen LogP contribution is 2.04. The smallest absolute Gasteiger partial charge is 0.296 e. The van der Waals surface area contributed by atoms with Crippen LogP contribution in [0, 0.1) is 5.41 Å². The highest BCUT2D eigenvalue weighted by atomic mass is 16.5. The van der Waals surface area contributed by atoms with Crippen LogP contribution in [0.2, 0.25) is 0 Å². The van der Waals surface area contributed by atoms with Crippen molar-refractivity contribution in [3.63, 3.8) is 0 Å². The van der Waals surface area contributed by atoms with Gasteiger partial charge in [0, 0.05) is 12.6 Å². The van der Waals surface area contributed by atoms with E-state index < -0.39 is 5.76 Å². The fourth-order valence-corrected chi connectivity index (χ4v) is 1.24. The third-order valence-corrected chi connectivity index (χ3v) is 2.09. The lowest BCUT2D eigenvalue weighted by Gasteiger charge is -2.00. The van der Waals surface area contributed by atoms with Gasteiger partial charge in [-0.25, -0.2) is 4.79 Å². The van der Waals surface area contributed by atoms with E-state index in [1.165, 1.54) is 11.6 Å². The molecule has 5 nitrogen and oxygen atoms in total. The predicted molar refractivity (Wildman–Crippen MR) is 54.1 cm³/mol. The molecule has 15 heavy (non-hydrogen) atoms. The molecule has 0 radical (unpaired) electrons. The van der Waals surface area contributed by atoms with Crippen molar-refractivity contribution in [2.75, 3.05) is 0 Å². The Morgan fingerprint density at radius 1 is 1.40 bits per heavy atom. The molecule has 1 heterocycles. The fraction of sp³-hybridized carbons (Fsp3) is 0.100. The fourth-order valence-electron chi connectivity index (χ4n) is 1.24. The van der Waals surface area contributed by atoms with Crippen LogP contribution in [0.5, 0.6) is 0 Å². The minimum atomic E-state index is -0.564. The molecule has 0 fully saturated rings. The summed E-state index contributed by atoms with van der Waals surface area (Å²) in [6.45, 7) is 0. The van der Waals surface area contributed by atoms with E-state index in [9.17, 15) is 4.79 Å². The number of hydrogen-bond acceptors (Lipinski definition) is 4. The van der Waals surface area contributed by atoms with Crippen LogP contribution in [0.3, 0.4) is 0 Å². The number of nitrogens with one attached hydrogen (secondary N) is 1. The second kappa shape index (κ2) is 3.53. The van der Waals surface area contributed by atoms with E-state index in [0.717, 1.165) is 0 Å². The van der Waals surface area contributed by atoms with Crippen molar-refractivity contribution in [1.82, 2.24) is 9.72 Å². The monoisotopic (exact) mass is 203 g/mol. The lowest BCUT2D eigenvalue weighted by atomic mass is 10.1. The van der Waals surface area contributed by atoms with Gasteiger partial charge in [0.05, 0.1) is 0 Å². The largest absolute Gasteiger partial charge is 0.441 e. The van der Waals surface area contributed by atoms with Crippen molar-refractivity contribution in [1.29, 1.82) is 5.41 Å². The van der Waals surface area contributed by atoms with Gasteiger partial charge in [0.15, 0.2) is 0 Å². The van der Waals surface area contributed by atoms with E-state index in [0.29, 0.717) is 5.56 Å². The van der Waals surface area contributed by atoms with Gasteiger partial charge in [-0.1, -0.05) is 35.5 Å². The summed E-state index contributed by atoms with van der Waals surface area (Å²) in [5.41, 5.74) is 0.866. The number of nitrogens with zero attached hydrogens (tertiary/aromatic N) is 2. The number of hydrogen-bond donors (Lipinski definition) is 1. The normalized spacial score (nSPS) is 10.2. The molecular weight excluding hydrogens is 194 g/mol. The van der Waals surface area contributed by atoms with Crippen LogP contribution in [0.15, 0.2) is 39.6 Å². The van der Waals surface area contributed by atoms with Gasteiger partial charge in [0.2, 0.25) is 5.82 Å². The third-order valence-electron chi connectivity index (χ3n) is 2.09. The second-order valence-electron chi connectivity index (χ2n) is 3.07. The Bertz CT molecular complexity index is 539. The number of aromatic nitrogens is 2. The molecule has 76 valence electrons. The van der Waals surface area contributed by atoms with Crippen molar-refractivity contribution in [3.8, 4) is 0 Å². The predicted octanol–water partition coefficient (Wildman–Crippen LogP) is 0.789. The van der Waals surface area contributed by atoms with Crippen LogP contribution in [-0.4, -0.2) is 15.4 Å². The summed E-state index contributed by atoms with van der Waals surface area (Å²) in [5, 5.41) is 11.4. The van der Waals surface area contributed by atoms with Gasteiger partial charge in [-0.3, -0.25) is 14.5 Å².